The first-order valence-electron chi connectivity index (χ1n) is 13.8. The number of likely N-dealkylation sites (N-methyl/N-ethyl adjacent to an activating group) is 1. The number of nitrogens with two attached hydrogens (primary N) is 1. The van der Waals surface area contributed by atoms with Crippen molar-refractivity contribution in [2.24, 2.45) is 7.05 Å². The molecule has 2 N–H and O–H groups in total. The van der Waals surface area contributed by atoms with Gasteiger partial charge in [0.2, 0.25) is 0 Å². The molecule has 5 heterocycles. The standard InChI is InChI=1S/C28H32N8O2S/c1-15(18-8-6-12-35(18)2)37-27-32-22(23-26(33-27)36(3)14-31-23)21-16-7-4-10-28(24(16)38-34-21)11-5-9-19-20(28)17(13-29)25(30)39-19/h14-15,18H,4-12,30H2,1-3H3/t15-,18-,28-/m0/s1. The summed E-state index contributed by atoms with van der Waals surface area (Å²) in [6, 6.07) is 3.05. The molecule has 0 saturated carbocycles. The molecule has 0 amide bonds. The summed E-state index contributed by atoms with van der Waals surface area (Å²) in [5.74, 6) is 0.852. The van der Waals surface area contributed by atoms with Crippen molar-refractivity contribution in [2.45, 2.75) is 75.9 Å². The van der Waals surface area contributed by atoms with Crippen molar-refractivity contribution in [3.8, 4) is 23.5 Å². The Morgan fingerprint density at radius 2 is 2.03 bits per heavy atom. The Hall–Kier alpha value is -3.49. The first kappa shape index (κ1) is 24.5. The van der Waals surface area contributed by atoms with E-state index in [-0.39, 0.29) is 11.5 Å². The van der Waals surface area contributed by atoms with Crippen molar-refractivity contribution in [3.63, 3.8) is 0 Å². The second-order valence-electron chi connectivity index (χ2n) is 11.3. The van der Waals surface area contributed by atoms with E-state index in [2.05, 4.69) is 35.1 Å². The molecule has 0 aromatic carbocycles. The summed E-state index contributed by atoms with van der Waals surface area (Å²) < 4.78 is 14.5. The minimum atomic E-state index is -0.386. The molecule has 3 atom stereocenters. The SMILES string of the molecule is C[C@H](Oc1nc(-c2noc3c2CCC[C@@]32CCCc3sc(N)c(C#N)c32)c2ncn(C)c2n1)[C@@H]1CCCN1C. The zero-order valence-corrected chi connectivity index (χ0v) is 23.3. The molecule has 0 unspecified atom stereocenters. The third-order valence-corrected chi connectivity index (χ3v) is 10.1. The van der Waals surface area contributed by atoms with E-state index in [1.807, 2.05) is 11.6 Å². The van der Waals surface area contributed by atoms with E-state index < -0.39 is 0 Å². The van der Waals surface area contributed by atoms with Crippen LogP contribution in [0.4, 0.5) is 5.00 Å². The fourth-order valence-corrected chi connectivity index (χ4v) is 8.37. The molecule has 11 heteroatoms. The average molecular weight is 545 g/mol. The highest BCUT2D eigenvalue weighted by Crippen LogP contribution is 2.55. The maximum Gasteiger partial charge on any atom is 0.319 e. The molecule has 0 bridgehead atoms. The first-order valence-corrected chi connectivity index (χ1v) is 14.6. The molecule has 1 fully saturated rings. The summed E-state index contributed by atoms with van der Waals surface area (Å²) in [4.78, 5) is 17.8. The van der Waals surface area contributed by atoms with Crippen LogP contribution in [-0.4, -0.2) is 55.3 Å². The maximum atomic E-state index is 10.0. The van der Waals surface area contributed by atoms with Gasteiger partial charge in [-0.3, -0.25) is 4.90 Å². The molecule has 0 radical (unpaired) electrons. The third-order valence-electron chi connectivity index (χ3n) is 9.03. The lowest BCUT2D eigenvalue weighted by atomic mass is 9.63. The quantitative estimate of drug-likeness (QED) is 0.398. The Labute approximate surface area is 230 Å². The van der Waals surface area contributed by atoms with Crippen molar-refractivity contribution < 1.29 is 9.26 Å². The molecule has 2 aliphatic carbocycles. The maximum absolute atomic E-state index is 10.0. The van der Waals surface area contributed by atoms with E-state index in [9.17, 15) is 5.26 Å². The number of hydrogen-bond donors (Lipinski definition) is 1. The van der Waals surface area contributed by atoms with Crippen LogP contribution in [-0.2, 0) is 25.3 Å². The molecule has 202 valence electrons. The van der Waals surface area contributed by atoms with E-state index in [0.717, 1.165) is 68.4 Å². The van der Waals surface area contributed by atoms with Crippen molar-refractivity contribution in [2.75, 3.05) is 19.3 Å². The van der Waals surface area contributed by atoms with Crippen LogP contribution in [0.5, 0.6) is 6.01 Å². The lowest BCUT2D eigenvalue weighted by molar-refractivity contribution is 0.112. The highest BCUT2D eigenvalue weighted by molar-refractivity contribution is 7.16. The molecule has 4 aromatic heterocycles. The van der Waals surface area contributed by atoms with Gasteiger partial charge in [-0.15, -0.1) is 11.3 Å². The van der Waals surface area contributed by atoms with Crippen LogP contribution in [0, 0.1) is 11.3 Å². The van der Waals surface area contributed by atoms with E-state index in [4.69, 9.17) is 25.0 Å². The number of imidazole rings is 1. The minimum absolute atomic E-state index is 0.0559. The predicted octanol–water partition coefficient (Wildman–Crippen LogP) is 4.35. The van der Waals surface area contributed by atoms with Gasteiger partial charge in [-0.05, 0) is 77.4 Å². The highest BCUT2D eigenvalue weighted by atomic mass is 32.1. The monoisotopic (exact) mass is 544 g/mol. The summed E-state index contributed by atoms with van der Waals surface area (Å²) in [5.41, 5.74) is 11.3. The molecule has 1 aliphatic heterocycles. The average Bonchev–Trinajstić information content (AvgIpc) is 3.70. The number of anilines is 1. The minimum Gasteiger partial charge on any atom is -0.459 e. The third kappa shape index (κ3) is 3.61. The summed E-state index contributed by atoms with van der Waals surface area (Å²) >= 11 is 1.55. The highest BCUT2D eigenvalue weighted by Gasteiger charge is 2.49. The normalized spacial score (nSPS) is 23.6. The topological polar surface area (TPSA) is 132 Å². The number of nitrogen functional groups attached to an aromatic ring is 1. The second kappa shape index (κ2) is 9.03. The number of likely N-dealkylation sites (tertiary alicyclic amines) is 1. The predicted molar refractivity (Wildman–Crippen MR) is 148 cm³/mol. The van der Waals surface area contributed by atoms with Gasteiger partial charge in [-0.25, -0.2) is 4.98 Å². The largest absolute Gasteiger partial charge is 0.459 e. The number of nitriles is 1. The number of nitrogens with zero attached hydrogens (tertiary/aromatic N) is 7. The van der Waals surface area contributed by atoms with Crippen LogP contribution in [0.1, 0.15) is 72.8 Å². The Balaban J connectivity index is 1.35. The number of rotatable bonds is 4. The van der Waals surface area contributed by atoms with Crippen molar-refractivity contribution in [1.82, 2.24) is 29.6 Å². The zero-order valence-electron chi connectivity index (χ0n) is 22.5. The molecular weight excluding hydrogens is 512 g/mol. The van der Waals surface area contributed by atoms with E-state index in [1.54, 1.807) is 17.7 Å². The lowest BCUT2D eigenvalue weighted by Crippen LogP contribution is -2.38. The van der Waals surface area contributed by atoms with Gasteiger partial charge in [-0.1, -0.05) is 5.16 Å². The number of aromatic nitrogens is 5. The fourth-order valence-electron chi connectivity index (χ4n) is 7.21. The van der Waals surface area contributed by atoms with Crippen molar-refractivity contribution in [3.05, 3.63) is 33.7 Å². The van der Waals surface area contributed by atoms with E-state index in [0.29, 0.717) is 45.2 Å². The van der Waals surface area contributed by atoms with Crippen LogP contribution in [0.3, 0.4) is 0 Å². The van der Waals surface area contributed by atoms with Crippen LogP contribution in [0.25, 0.3) is 22.6 Å². The number of hydrogen-bond acceptors (Lipinski definition) is 10. The molecule has 7 rings (SSSR count). The van der Waals surface area contributed by atoms with Gasteiger partial charge in [0.05, 0.1) is 17.3 Å². The Bertz CT molecular complexity index is 1630. The summed E-state index contributed by atoms with van der Waals surface area (Å²) in [7, 11) is 4.06. The number of thiophene rings is 1. The van der Waals surface area contributed by atoms with Crippen LogP contribution >= 0.6 is 11.3 Å². The van der Waals surface area contributed by atoms with E-state index in [1.165, 1.54) is 11.3 Å². The number of ether oxygens (including phenoxy) is 1. The molecule has 1 saturated heterocycles. The van der Waals surface area contributed by atoms with Crippen molar-refractivity contribution in [1.29, 1.82) is 5.26 Å². The van der Waals surface area contributed by atoms with Crippen LogP contribution < -0.4 is 10.5 Å². The smallest absolute Gasteiger partial charge is 0.319 e. The van der Waals surface area contributed by atoms with Gasteiger partial charge in [0.15, 0.2) is 11.4 Å². The Morgan fingerprint density at radius 3 is 2.79 bits per heavy atom. The summed E-state index contributed by atoms with van der Waals surface area (Å²) in [6.45, 7) is 3.16. The van der Waals surface area contributed by atoms with Gasteiger partial charge < -0.3 is 19.6 Å². The zero-order chi connectivity index (χ0) is 26.9. The summed E-state index contributed by atoms with van der Waals surface area (Å²) in [5, 5.41) is 15.2. The Morgan fingerprint density at radius 1 is 1.21 bits per heavy atom. The number of aryl methyl sites for hydroxylation is 2. The van der Waals surface area contributed by atoms with Gasteiger partial charge in [0.25, 0.3) is 0 Å². The van der Waals surface area contributed by atoms with Gasteiger partial charge in [-0.2, -0.15) is 15.2 Å². The van der Waals surface area contributed by atoms with Gasteiger partial charge in [0, 0.05) is 23.5 Å². The molecule has 10 nitrogen and oxygen atoms in total. The molecule has 39 heavy (non-hydrogen) atoms. The number of fused-ring (bicyclic) bond motifs is 5. The van der Waals surface area contributed by atoms with Crippen LogP contribution in [0.15, 0.2) is 10.9 Å². The van der Waals surface area contributed by atoms with Gasteiger partial charge >= 0.3 is 6.01 Å². The molecule has 4 aromatic rings. The first-order chi connectivity index (χ1) is 18.9. The molecule has 1 spiro atoms. The van der Waals surface area contributed by atoms with Gasteiger partial charge in [0.1, 0.15) is 34.1 Å². The second-order valence-corrected chi connectivity index (χ2v) is 12.4. The summed E-state index contributed by atoms with van der Waals surface area (Å²) in [6.07, 6.45) is 9.53. The van der Waals surface area contributed by atoms with Crippen LogP contribution in [0.2, 0.25) is 0 Å². The lowest BCUT2D eigenvalue weighted by Gasteiger charge is -2.39. The molecular formula is C28H32N8O2S. The Kier molecular flexibility index (Phi) is 5.68. The van der Waals surface area contributed by atoms with E-state index >= 15 is 0 Å². The fraction of sp³-hybridized carbons (Fsp3) is 0.536. The molecule has 3 aliphatic rings. The van der Waals surface area contributed by atoms with Crippen molar-refractivity contribution >= 4 is 27.5 Å².